The van der Waals surface area contributed by atoms with Crippen LogP contribution in [0.2, 0.25) is 0 Å². The van der Waals surface area contributed by atoms with Gasteiger partial charge in [0, 0.05) is 26.2 Å². The van der Waals surface area contributed by atoms with Crippen molar-refractivity contribution < 1.29 is 9.59 Å². The van der Waals surface area contributed by atoms with Crippen LogP contribution >= 0.6 is 11.3 Å². The lowest BCUT2D eigenvalue weighted by Gasteiger charge is -2.32. The first kappa shape index (κ1) is 14.0. The molecule has 0 aromatic carbocycles. The van der Waals surface area contributed by atoms with Crippen molar-refractivity contribution in [2.45, 2.75) is 18.9 Å². The van der Waals surface area contributed by atoms with Gasteiger partial charge in [-0.1, -0.05) is 6.07 Å². The summed E-state index contributed by atoms with van der Waals surface area (Å²) in [7, 11) is 1.66. The Hall–Kier alpha value is -1.40. The molecule has 1 aliphatic rings. The molecule has 0 aliphatic carbocycles. The molecule has 2 N–H and O–H groups in total. The smallest absolute Gasteiger partial charge is 0.264 e. The van der Waals surface area contributed by atoms with Crippen molar-refractivity contribution in [1.29, 1.82) is 0 Å². The molecular formula is C13H19N3O2S. The van der Waals surface area contributed by atoms with Crippen LogP contribution in [-0.2, 0) is 4.79 Å². The third-order valence-electron chi connectivity index (χ3n) is 3.26. The van der Waals surface area contributed by atoms with Crippen LogP contribution in [0.5, 0.6) is 0 Å². The zero-order valence-corrected chi connectivity index (χ0v) is 11.9. The van der Waals surface area contributed by atoms with E-state index in [-0.39, 0.29) is 24.4 Å². The van der Waals surface area contributed by atoms with Crippen molar-refractivity contribution in [1.82, 2.24) is 9.80 Å². The quantitative estimate of drug-likeness (QED) is 0.890. The lowest BCUT2D eigenvalue weighted by atomic mass is 10.1. The summed E-state index contributed by atoms with van der Waals surface area (Å²) >= 11 is 1.39. The maximum Gasteiger partial charge on any atom is 0.264 e. The fourth-order valence-electron chi connectivity index (χ4n) is 2.20. The summed E-state index contributed by atoms with van der Waals surface area (Å²) in [5.41, 5.74) is 5.86. The van der Waals surface area contributed by atoms with E-state index >= 15 is 0 Å². The number of carbonyl (C=O) groups is 2. The summed E-state index contributed by atoms with van der Waals surface area (Å²) in [4.78, 5) is 28.0. The number of thiophene rings is 1. The molecular weight excluding hydrogens is 262 g/mol. The van der Waals surface area contributed by atoms with Crippen LogP contribution in [0.3, 0.4) is 0 Å². The van der Waals surface area contributed by atoms with E-state index in [4.69, 9.17) is 5.73 Å². The van der Waals surface area contributed by atoms with Crippen molar-refractivity contribution in [3.8, 4) is 0 Å². The summed E-state index contributed by atoms with van der Waals surface area (Å²) in [5.74, 6) is -0.132. The van der Waals surface area contributed by atoms with Crippen molar-refractivity contribution >= 4 is 23.2 Å². The number of amides is 2. The second kappa shape index (κ2) is 6.16. The number of nitrogens with two attached hydrogens (primary N) is 1. The average Bonchev–Trinajstić information content (AvgIpc) is 2.91. The summed E-state index contributed by atoms with van der Waals surface area (Å²) in [6, 6.07) is 3.66. The zero-order valence-electron chi connectivity index (χ0n) is 11.0. The Bertz CT molecular complexity index is 447. The molecule has 0 radical (unpaired) electrons. The Morgan fingerprint density at radius 2 is 2.37 bits per heavy atom. The van der Waals surface area contributed by atoms with E-state index in [0.29, 0.717) is 11.4 Å². The lowest BCUT2D eigenvalue weighted by Crippen LogP contribution is -2.49. The highest BCUT2D eigenvalue weighted by atomic mass is 32.1. The van der Waals surface area contributed by atoms with Crippen LogP contribution in [0.15, 0.2) is 17.5 Å². The first-order valence-corrected chi connectivity index (χ1v) is 7.28. The van der Waals surface area contributed by atoms with Crippen molar-refractivity contribution in [2.75, 3.05) is 26.7 Å². The second-order valence-corrected chi connectivity index (χ2v) is 5.83. The highest BCUT2D eigenvalue weighted by molar-refractivity contribution is 7.12. The van der Waals surface area contributed by atoms with Crippen LogP contribution in [0.4, 0.5) is 0 Å². The van der Waals surface area contributed by atoms with Gasteiger partial charge in [0.1, 0.15) is 0 Å². The molecule has 1 aromatic rings. The molecule has 0 spiro atoms. The molecule has 6 heteroatoms. The number of likely N-dealkylation sites (tertiary alicyclic amines) is 1. The lowest BCUT2D eigenvalue weighted by molar-refractivity contribution is -0.132. The molecule has 1 aliphatic heterocycles. The van der Waals surface area contributed by atoms with Crippen molar-refractivity contribution in [3.05, 3.63) is 22.4 Å². The van der Waals surface area contributed by atoms with Gasteiger partial charge < -0.3 is 15.5 Å². The molecule has 1 atom stereocenters. The van der Waals surface area contributed by atoms with Gasteiger partial charge in [0.05, 0.1) is 11.4 Å². The predicted molar refractivity (Wildman–Crippen MR) is 75.1 cm³/mol. The minimum Gasteiger partial charge on any atom is -0.340 e. The third kappa shape index (κ3) is 3.54. The number of hydrogen-bond acceptors (Lipinski definition) is 4. The first-order valence-electron chi connectivity index (χ1n) is 6.40. The standard InChI is InChI=1S/C13H19N3O2S/c1-15(13(18)11-5-3-7-19-11)9-12(17)16-6-2-4-10(14)8-16/h3,5,7,10H,2,4,6,8-9,14H2,1H3. The third-order valence-corrected chi connectivity index (χ3v) is 4.12. The maximum absolute atomic E-state index is 12.1. The van der Waals surface area contributed by atoms with Gasteiger partial charge in [0.25, 0.3) is 5.91 Å². The van der Waals surface area contributed by atoms with Gasteiger partial charge in [-0.3, -0.25) is 9.59 Å². The molecule has 0 bridgehead atoms. The summed E-state index contributed by atoms with van der Waals surface area (Å²) in [6.45, 7) is 1.46. The fourth-order valence-corrected chi connectivity index (χ4v) is 2.92. The van der Waals surface area contributed by atoms with Gasteiger partial charge in [-0.25, -0.2) is 0 Å². The molecule has 0 saturated carbocycles. The Labute approximate surface area is 117 Å². The molecule has 2 rings (SSSR count). The molecule has 1 aromatic heterocycles. The molecule has 19 heavy (non-hydrogen) atoms. The van der Waals surface area contributed by atoms with Crippen LogP contribution in [0.25, 0.3) is 0 Å². The molecule has 2 heterocycles. The van der Waals surface area contributed by atoms with E-state index in [0.717, 1.165) is 19.4 Å². The summed E-state index contributed by atoms with van der Waals surface area (Å²) < 4.78 is 0. The molecule has 104 valence electrons. The molecule has 1 unspecified atom stereocenters. The van der Waals surface area contributed by atoms with Gasteiger partial charge in [0.15, 0.2) is 0 Å². The number of likely N-dealkylation sites (N-methyl/N-ethyl adjacent to an activating group) is 1. The van der Waals surface area contributed by atoms with Crippen molar-refractivity contribution in [2.24, 2.45) is 5.73 Å². The average molecular weight is 281 g/mol. The fraction of sp³-hybridized carbons (Fsp3) is 0.538. The monoisotopic (exact) mass is 281 g/mol. The number of hydrogen-bond donors (Lipinski definition) is 1. The normalized spacial score (nSPS) is 19.3. The highest BCUT2D eigenvalue weighted by Gasteiger charge is 2.23. The predicted octanol–water partition coefficient (Wildman–Crippen LogP) is 0.770. The second-order valence-electron chi connectivity index (χ2n) is 4.88. The largest absolute Gasteiger partial charge is 0.340 e. The van der Waals surface area contributed by atoms with E-state index in [1.165, 1.54) is 16.2 Å². The van der Waals surface area contributed by atoms with Crippen LogP contribution in [0.1, 0.15) is 22.5 Å². The van der Waals surface area contributed by atoms with Crippen molar-refractivity contribution in [3.63, 3.8) is 0 Å². The minimum absolute atomic E-state index is 0.0254. The Morgan fingerprint density at radius 3 is 3.00 bits per heavy atom. The van der Waals surface area contributed by atoms with Gasteiger partial charge in [-0.2, -0.15) is 0 Å². The van der Waals surface area contributed by atoms with Gasteiger partial charge in [-0.15, -0.1) is 11.3 Å². The van der Waals surface area contributed by atoms with Gasteiger partial charge >= 0.3 is 0 Å². The maximum atomic E-state index is 12.1. The van der Waals surface area contributed by atoms with E-state index in [1.54, 1.807) is 18.0 Å². The van der Waals surface area contributed by atoms with Crippen LogP contribution < -0.4 is 5.73 Å². The number of carbonyl (C=O) groups excluding carboxylic acids is 2. The minimum atomic E-state index is -0.107. The first-order chi connectivity index (χ1) is 9.08. The summed E-state index contributed by atoms with van der Waals surface area (Å²) in [5, 5.41) is 1.85. The van der Waals surface area contributed by atoms with E-state index in [9.17, 15) is 9.59 Å². The van der Waals surface area contributed by atoms with E-state index in [1.807, 2.05) is 11.4 Å². The van der Waals surface area contributed by atoms with Crippen LogP contribution in [-0.4, -0.2) is 54.3 Å². The molecule has 5 nitrogen and oxygen atoms in total. The van der Waals surface area contributed by atoms with E-state index < -0.39 is 0 Å². The number of rotatable bonds is 3. The topological polar surface area (TPSA) is 66.6 Å². The van der Waals surface area contributed by atoms with Gasteiger partial charge in [-0.05, 0) is 24.3 Å². The van der Waals surface area contributed by atoms with Crippen LogP contribution in [0, 0.1) is 0 Å². The zero-order chi connectivity index (χ0) is 13.8. The Kier molecular flexibility index (Phi) is 4.55. The summed E-state index contributed by atoms with van der Waals surface area (Å²) in [6.07, 6.45) is 1.91. The SMILES string of the molecule is CN(CC(=O)N1CCCC(N)C1)C(=O)c1cccs1. The Morgan fingerprint density at radius 1 is 1.58 bits per heavy atom. The number of nitrogens with zero attached hydrogens (tertiary/aromatic N) is 2. The molecule has 2 amide bonds. The molecule has 1 fully saturated rings. The molecule has 1 saturated heterocycles. The highest BCUT2D eigenvalue weighted by Crippen LogP contribution is 2.12. The Balaban J connectivity index is 1.89. The van der Waals surface area contributed by atoms with Gasteiger partial charge in [0.2, 0.25) is 5.91 Å². The van der Waals surface area contributed by atoms with E-state index in [2.05, 4.69) is 0 Å². The number of piperidine rings is 1.